The molecule has 2 unspecified atom stereocenters. The number of anilines is 1. The van der Waals surface area contributed by atoms with Crippen molar-refractivity contribution in [3.63, 3.8) is 0 Å². The number of hydrogen-bond acceptors (Lipinski definition) is 7. The van der Waals surface area contributed by atoms with Gasteiger partial charge in [0, 0.05) is 18.4 Å². The van der Waals surface area contributed by atoms with Crippen LogP contribution in [0.1, 0.15) is 13.3 Å². The summed E-state index contributed by atoms with van der Waals surface area (Å²) < 4.78 is -0.488. The molecular weight excluding hydrogens is 453 g/mol. The Balaban J connectivity index is 2.21. The fourth-order valence-corrected chi connectivity index (χ4v) is 13.0. The normalized spacial score (nSPS) is 20.8. The van der Waals surface area contributed by atoms with E-state index in [4.69, 9.17) is 44.8 Å². The zero-order valence-corrected chi connectivity index (χ0v) is 19.8. The number of amidine groups is 1. The molecule has 0 N–H and O–H groups in total. The second-order valence-corrected chi connectivity index (χ2v) is 20.0. The molecule has 0 saturated carbocycles. The van der Waals surface area contributed by atoms with E-state index < -0.39 is 18.3 Å². The van der Waals surface area contributed by atoms with Gasteiger partial charge in [0.2, 0.25) is 0 Å². The van der Waals surface area contributed by atoms with Crippen LogP contribution in [0.25, 0.3) is 0 Å². The molecule has 24 heavy (non-hydrogen) atoms. The summed E-state index contributed by atoms with van der Waals surface area (Å²) in [6.07, 6.45) is -1.32. The summed E-state index contributed by atoms with van der Waals surface area (Å²) >= 11 is 28.0. The number of benzene rings is 1. The average molecular weight is 471 g/mol. The average Bonchev–Trinajstić information content (AvgIpc) is 2.87. The lowest BCUT2D eigenvalue weighted by Crippen LogP contribution is -2.35. The van der Waals surface area contributed by atoms with E-state index in [2.05, 4.69) is 28.1 Å². The lowest BCUT2D eigenvalue weighted by molar-refractivity contribution is 0.781. The number of thiol groups is 2. The van der Waals surface area contributed by atoms with Crippen LogP contribution in [0.4, 0.5) is 5.69 Å². The SMILES string of the molecule is C=C1N=C(N(C)c2ccccc2)SC1CC(C)([SH](=S)=S)S(=S)(=S)S. The van der Waals surface area contributed by atoms with Crippen LogP contribution in [0, 0.1) is 0 Å². The van der Waals surface area contributed by atoms with E-state index in [-0.39, 0.29) is 5.25 Å². The Kier molecular flexibility index (Phi) is 7.15. The van der Waals surface area contributed by atoms with E-state index in [1.165, 1.54) is 0 Å². The first-order valence-electron chi connectivity index (χ1n) is 6.90. The molecule has 1 heterocycles. The number of rotatable bonds is 5. The Morgan fingerprint density at radius 2 is 1.96 bits per heavy atom. The van der Waals surface area contributed by atoms with Crippen LogP contribution in [-0.2, 0) is 58.9 Å². The first-order chi connectivity index (χ1) is 11.1. The topological polar surface area (TPSA) is 15.6 Å². The summed E-state index contributed by atoms with van der Waals surface area (Å²) in [6.45, 7) is 6.10. The molecule has 0 spiro atoms. The zero-order valence-electron chi connectivity index (χ0n) is 13.1. The minimum atomic E-state index is -2.00. The van der Waals surface area contributed by atoms with Gasteiger partial charge in [-0.3, -0.25) is 0 Å². The minimum absolute atomic E-state index is 0.0805. The fourth-order valence-electron chi connectivity index (χ4n) is 2.11. The van der Waals surface area contributed by atoms with Crippen LogP contribution < -0.4 is 4.90 Å². The third kappa shape index (κ3) is 4.51. The highest BCUT2D eigenvalue weighted by atomic mass is 33.5. The number of thioether (sulfide) groups is 1. The Bertz CT molecular complexity index is 833. The molecule has 0 radical (unpaired) electrons. The van der Waals surface area contributed by atoms with Crippen molar-refractivity contribution in [2.45, 2.75) is 22.7 Å². The highest BCUT2D eigenvalue weighted by molar-refractivity contribution is 8.95. The number of hydrogen-bond donors (Lipinski definition) is 2. The van der Waals surface area contributed by atoms with Crippen molar-refractivity contribution in [2.75, 3.05) is 11.9 Å². The molecule has 2 rings (SSSR count). The van der Waals surface area contributed by atoms with Crippen molar-refractivity contribution in [2.24, 2.45) is 4.99 Å². The van der Waals surface area contributed by atoms with Crippen molar-refractivity contribution in [1.82, 2.24) is 0 Å². The smallest absolute Gasteiger partial charge is 0.168 e. The van der Waals surface area contributed by atoms with E-state index in [0.717, 1.165) is 16.6 Å². The van der Waals surface area contributed by atoms with Gasteiger partial charge in [-0.1, -0.05) is 44.6 Å². The summed E-state index contributed by atoms with van der Waals surface area (Å²) in [5, 5.41) is 0.988. The van der Waals surface area contributed by atoms with Gasteiger partial charge in [0.1, 0.15) is 0 Å². The summed E-state index contributed by atoms with van der Waals surface area (Å²) in [5.41, 5.74) is 1.89. The summed E-state index contributed by atoms with van der Waals surface area (Å²) in [6, 6.07) is 10.1. The second kappa shape index (κ2) is 8.16. The van der Waals surface area contributed by atoms with Crippen molar-refractivity contribution in [3.8, 4) is 0 Å². The lowest BCUT2D eigenvalue weighted by Gasteiger charge is -2.31. The van der Waals surface area contributed by atoms with E-state index >= 15 is 0 Å². The number of aliphatic imine (C=N–C) groups is 1. The van der Waals surface area contributed by atoms with E-state index in [1.54, 1.807) is 11.8 Å². The molecule has 2 atom stereocenters. The Morgan fingerprint density at radius 3 is 2.46 bits per heavy atom. The first-order valence-corrected chi connectivity index (χ1v) is 15.7. The molecule has 132 valence electrons. The Labute approximate surface area is 174 Å². The third-order valence-electron chi connectivity index (χ3n) is 3.80. The molecule has 0 fully saturated rings. The Morgan fingerprint density at radius 1 is 1.38 bits per heavy atom. The van der Waals surface area contributed by atoms with Gasteiger partial charge >= 0.3 is 0 Å². The largest absolute Gasteiger partial charge is 0.324 e. The highest BCUT2D eigenvalue weighted by Gasteiger charge is 2.38. The van der Waals surface area contributed by atoms with Gasteiger partial charge in [-0.15, -0.1) is 11.7 Å². The molecule has 0 bridgehead atoms. The van der Waals surface area contributed by atoms with Crippen molar-refractivity contribution < 1.29 is 0 Å². The van der Waals surface area contributed by atoms with Gasteiger partial charge in [-0.2, -0.15) is 0 Å². The van der Waals surface area contributed by atoms with E-state index in [1.807, 2.05) is 44.3 Å². The molecular formula is C14H18N2S8. The van der Waals surface area contributed by atoms with Crippen LogP contribution >= 0.6 is 23.4 Å². The number of para-hydroxylation sites is 1. The molecule has 0 aromatic heterocycles. The molecule has 0 aliphatic carbocycles. The third-order valence-corrected chi connectivity index (χ3v) is 16.4. The van der Waals surface area contributed by atoms with Crippen LogP contribution in [-0.4, -0.2) is 21.5 Å². The highest BCUT2D eigenvalue weighted by Crippen LogP contribution is 2.40. The van der Waals surface area contributed by atoms with E-state index in [0.29, 0.717) is 6.42 Å². The van der Waals surface area contributed by atoms with E-state index in [9.17, 15) is 0 Å². The van der Waals surface area contributed by atoms with Crippen LogP contribution in [0.2, 0.25) is 0 Å². The van der Waals surface area contributed by atoms with Gasteiger partial charge in [0.05, 0.1) is 9.33 Å². The predicted molar refractivity (Wildman–Crippen MR) is 130 cm³/mol. The predicted octanol–water partition coefficient (Wildman–Crippen LogP) is 3.41. The maximum Gasteiger partial charge on any atom is 0.168 e. The van der Waals surface area contributed by atoms with Crippen LogP contribution in [0.3, 0.4) is 0 Å². The molecule has 2 nitrogen and oxygen atoms in total. The van der Waals surface area contributed by atoms with Gasteiger partial charge in [-0.25, -0.2) is 4.99 Å². The standard InChI is InChI=1S/C14H18N2S8/c1-10-12(9-14(2,23(17)18)24(19,20)21)22-13(15-10)16(3)11-7-5-4-6-8-11/h4-8,12,23H,1,9H2,2-3H3,(H,19,20,21). The summed E-state index contributed by atoms with van der Waals surface area (Å²) in [7, 11) is 0.855. The van der Waals surface area contributed by atoms with Gasteiger partial charge in [-0.05, 0) is 76.4 Å². The molecule has 1 aliphatic heterocycles. The van der Waals surface area contributed by atoms with Crippen LogP contribution in [0.5, 0.6) is 0 Å². The molecule has 1 aromatic rings. The van der Waals surface area contributed by atoms with Crippen molar-refractivity contribution >= 4 is 93.2 Å². The van der Waals surface area contributed by atoms with Gasteiger partial charge < -0.3 is 4.90 Å². The van der Waals surface area contributed by atoms with Crippen molar-refractivity contribution in [1.29, 1.82) is 0 Å². The summed E-state index contributed by atoms with van der Waals surface area (Å²) in [5.74, 6) is 0. The molecule has 10 heteroatoms. The van der Waals surface area contributed by atoms with Crippen molar-refractivity contribution in [3.05, 3.63) is 42.6 Å². The quantitative estimate of drug-likeness (QED) is 0.503. The minimum Gasteiger partial charge on any atom is -0.324 e. The summed E-state index contributed by atoms with van der Waals surface area (Å²) in [4.78, 5) is 6.69. The second-order valence-electron chi connectivity index (χ2n) is 5.50. The van der Waals surface area contributed by atoms with Crippen LogP contribution in [0.15, 0.2) is 47.6 Å². The van der Waals surface area contributed by atoms with Gasteiger partial charge in [0.15, 0.2) is 5.17 Å². The molecule has 1 aliphatic rings. The number of nitrogens with zero attached hydrogens (tertiary/aromatic N) is 2. The molecule has 0 saturated heterocycles. The maximum absolute atomic E-state index is 5.49. The first kappa shape index (κ1) is 21.0. The Hall–Kier alpha value is 0.710. The molecule has 1 aromatic carbocycles. The zero-order chi connectivity index (χ0) is 18.1. The monoisotopic (exact) mass is 470 g/mol. The fraction of sp³-hybridized carbons (Fsp3) is 0.357. The lowest BCUT2D eigenvalue weighted by atomic mass is 10.2. The maximum atomic E-state index is 5.49. The molecule has 0 amide bonds. The van der Waals surface area contributed by atoms with Gasteiger partial charge in [0.25, 0.3) is 0 Å².